The van der Waals surface area contributed by atoms with Crippen LogP contribution in [0.4, 0.5) is 10.4 Å². The van der Waals surface area contributed by atoms with Crippen LogP contribution in [0.25, 0.3) is 11.1 Å². The summed E-state index contributed by atoms with van der Waals surface area (Å²) in [4.78, 5) is 21.1. The number of primary amides is 1. The number of methoxy groups -OCH3 is 2. The Morgan fingerprint density at radius 3 is 2.55 bits per heavy atom. The minimum Gasteiger partial charge on any atom is -0.497 e. The molecular weight excluding hydrogens is 491 g/mol. The first-order valence-corrected chi connectivity index (χ1v) is 12.1. The van der Waals surface area contributed by atoms with Crippen LogP contribution in [0.2, 0.25) is 0 Å². The normalized spacial score (nSPS) is 16.9. The van der Waals surface area contributed by atoms with E-state index in [1.54, 1.807) is 19.1 Å². The number of halogens is 1. The van der Waals surface area contributed by atoms with Gasteiger partial charge in [0, 0.05) is 18.1 Å². The zero-order valence-electron chi connectivity index (χ0n) is 21.6. The molecule has 3 aromatic carbocycles. The molecule has 4 aromatic rings. The number of benzene rings is 3. The molecule has 1 aromatic heterocycles. The number of fused-ring (bicyclic) bond motifs is 2. The fourth-order valence-corrected chi connectivity index (χ4v) is 4.88. The lowest BCUT2D eigenvalue weighted by molar-refractivity contribution is -0.119. The monoisotopic (exact) mass is 520 g/mol. The van der Waals surface area contributed by atoms with Gasteiger partial charge in [0.05, 0.1) is 14.2 Å². The Morgan fingerprint density at radius 2 is 1.89 bits per heavy atom. The lowest BCUT2D eigenvalue weighted by Gasteiger charge is -2.44. The van der Waals surface area contributed by atoms with Gasteiger partial charge in [-0.2, -0.15) is 4.98 Å². The Labute approximate surface area is 219 Å². The Morgan fingerprint density at radius 1 is 1.13 bits per heavy atom. The zero-order chi connectivity index (χ0) is 27.0. The molecule has 198 valence electrons. The maximum atomic E-state index is 13.8. The minimum absolute atomic E-state index is 0.176. The predicted octanol–water partition coefficient (Wildman–Crippen LogP) is 4.04. The SMILES string of the molecule is COc1ccc(COc2c(OC)ccc3c2CC(C(N)=O)N(c2nc4ccc(F)cc4o2)C3N(C)C)cc1. The molecule has 2 atom stereocenters. The van der Waals surface area contributed by atoms with Crippen molar-refractivity contribution < 1.29 is 27.8 Å². The highest BCUT2D eigenvalue weighted by molar-refractivity contribution is 5.85. The second-order valence-corrected chi connectivity index (χ2v) is 9.28. The van der Waals surface area contributed by atoms with Crippen molar-refractivity contribution >= 4 is 23.0 Å². The number of rotatable bonds is 8. The Kier molecular flexibility index (Phi) is 6.81. The average Bonchev–Trinajstić information content (AvgIpc) is 3.33. The molecule has 2 N–H and O–H groups in total. The number of aromatic nitrogens is 1. The highest BCUT2D eigenvalue weighted by atomic mass is 19.1. The molecule has 38 heavy (non-hydrogen) atoms. The van der Waals surface area contributed by atoms with Crippen molar-refractivity contribution in [2.45, 2.75) is 25.2 Å². The summed E-state index contributed by atoms with van der Waals surface area (Å²) in [5, 5.41) is 0. The molecule has 0 saturated carbocycles. The van der Waals surface area contributed by atoms with Gasteiger partial charge in [-0.1, -0.05) is 18.2 Å². The van der Waals surface area contributed by atoms with Gasteiger partial charge in [-0.25, -0.2) is 4.39 Å². The van der Waals surface area contributed by atoms with Crippen LogP contribution in [0, 0.1) is 5.82 Å². The third-order valence-electron chi connectivity index (χ3n) is 6.68. The van der Waals surface area contributed by atoms with E-state index in [0.717, 1.165) is 22.4 Å². The number of nitrogens with two attached hydrogens (primary N) is 1. The van der Waals surface area contributed by atoms with Gasteiger partial charge in [0.25, 0.3) is 0 Å². The summed E-state index contributed by atoms with van der Waals surface area (Å²) < 4.78 is 36.9. The highest BCUT2D eigenvalue weighted by Crippen LogP contribution is 2.45. The molecule has 0 bridgehead atoms. The summed E-state index contributed by atoms with van der Waals surface area (Å²) in [6.07, 6.45) is -0.250. The number of hydrogen-bond acceptors (Lipinski definition) is 8. The molecule has 2 heterocycles. The molecule has 0 spiro atoms. The highest BCUT2D eigenvalue weighted by Gasteiger charge is 2.43. The van der Waals surface area contributed by atoms with E-state index in [4.69, 9.17) is 24.4 Å². The van der Waals surface area contributed by atoms with Gasteiger partial charge in [-0.15, -0.1) is 0 Å². The van der Waals surface area contributed by atoms with Crippen LogP contribution in [0.15, 0.2) is 59.0 Å². The van der Waals surface area contributed by atoms with E-state index in [9.17, 15) is 9.18 Å². The molecule has 0 saturated heterocycles. The van der Waals surface area contributed by atoms with Crippen LogP contribution in [-0.2, 0) is 17.8 Å². The predicted molar refractivity (Wildman–Crippen MR) is 140 cm³/mol. The fraction of sp³-hybridized carbons (Fsp3) is 0.286. The van der Waals surface area contributed by atoms with Crippen LogP contribution >= 0.6 is 0 Å². The van der Waals surface area contributed by atoms with E-state index >= 15 is 0 Å². The first-order chi connectivity index (χ1) is 18.3. The van der Waals surface area contributed by atoms with Gasteiger partial charge < -0.3 is 24.4 Å². The zero-order valence-corrected chi connectivity index (χ0v) is 21.6. The molecule has 5 rings (SSSR count). The summed E-state index contributed by atoms with van der Waals surface area (Å²) in [5.74, 6) is 0.843. The Bertz CT molecular complexity index is 1470. The van der Waals surface area contributed by atoms with Crippen LogP contribution in [0.1, 0.15) is 22.9 Å². The molecule has 0 radical (unpaired) electrons. The van der Waals surface area contributed by atoms with Crippen molar-refractivity contribution in [3.05, 3.63) is 77.1 Å². The van der Waals surface area contributed by atoms with Crippen molar-refractivity contribution in [1.29, 1.82) is 0 Å². The number of carbonyl (C=O) groups excluding carboxylic acids is 1. The third kappa shape index (κ3) is 4.58. The summed E-state index contributed by atoms with van der Waals surface area (Å²) >= 11 is 0. The van der Waals surface area contributed by atoms with Gasteiger partial charge in [0.1, 0.15) is 35.9 Å². The van der Waals surface area contributed by atoms with Crippen LogP contribution in [-0.4, -0.2) is 50.1 Å². The summed E-state index contributed by atoms with van der Waals surface area (Å²) in [6, 6.07) is 14.8. The van der Waals surface area contributed by atoms with Gasteiger partial charge >= 0.3 is 6.01 Å². The van der Waals surface area contributed by atoms with E-state index in [0.29, 0.717) is 17.0 Å². The van der Waals surface area contributed by atoms with Crippen molar-refractivity contribution in [3.63, 3.8) is 0 Å². The fourth-order valence-electron chi connectivity index (χ4n) is 4.88. The van der Waals surface area contributed by atoms with Crippen molar-refractivity contribution in [2.24, 2.45) is 5.73 Å². The van der Waals surface area contributed by atoms with Crippen molar-refractivity contribution in [2.75, 3.05) is 33.2 Å². The molecule has 1 aliphatic rings. The third-order valence-corrected chi connectivity index (χ3v) is 6.68. The molecule has 1 amide bonds. The lowest BCUT2D eigenvalue weighted by Crippen LogP contribution is -2.54. The Balaban J connectivity index is 1.59. The van der Waals surface area contributed by atoms with E-state index in [-0.39, 0.29) is 24.6 Å². The first-order valence-electron chi connectivity index (χ1n) is 12.1. The van der Waals surface area contributed by atoms with Crippen molar-refractivity contribution in [1.82, 2.24) is 9.88 Å². The lowest BCUT2D eigenvalue weighted by atomic mass is 9.89. The second kappa shape index (κ2) is 10.2. The molecule has 0 aliphatic carbocycles. The van der Waals surface area contributed by atoms with Crippen LogP contribution in [0.5, 0.6) is 17.2 Å². The largest absolute Gasteiger partial charge is 0.497 e. The molecular formula is C28H29FN4O5. The summed E-state index contributed by atoms with van der Waals surface area (Å²) in [6.45, 7) is 0.283. The number of carbonyl (C=O) groups is 1. The van der Waals surface area contributed by atoms with Gasteiger partial charge in [-0.3, -0.25) is 14.6 Å². The van der Waals surface area contributed by atoms with E-state index in [1.165, 1.54) is 18.2 Å². The molecule has 0 fully saturated rings. The number of hydrogen-bond donors (Lipinski definition) is 1. The molecule has 10 heteroatoms. The molecule has 2 unspecified atom stereocenters. The summed E-state index contributed by atoms with van der Waals surface area (Å²) in [5.41, 5.74) is 9.32. The maximum Gasteiger partial charge on any atom is 0.300 e. The summed E-state index contributed by atoms with van der Waals surface area (Å²) in [7, 11) is 6.96. The molecule has 1 aliphatic heterocycles. The first kappa shape index (κ1) is 25.3. The average molecular weight is 521 g/mol. The van der Waals surface area contributed by atoms with Gasteiger partial charge in [0.15, 0.2) is 17.1 Å². The second-order valence-electron chi connectivity index (χ2n) is 9.28. The number of oxazole rings is 1. The van der Waals surface area contributed by atoms with E-state index in [1.807, 2.05) is 55.4 Å². The van der Waals surface area contributed by atoms with E-state index < -0.39 is 23.9 Å². The van der Waals surface area contributed by atoms with Crippen LogP contribution in [0.3, 0.4) is 0 Å². The maximum absolute atomic E-state index is 13.8. The topological polar surface area (TPSA) is 103 Å². The number of anilines is 1. The molecule has 9 nitrogen and oxygen atoms in total. The standard InChI is InChI=1S/C28H29FN4O5/c1-32(2)27-19-10-12-23(36-4)25(37-15-16-5-8-18(35-3)9-6-16)20(19)14-22(26(30)34)33(27)28-31-21-11-7-17(29)13-24(21)38-28/h5-13,22,27H,14-15H2,1-4H3,(H2,30,34). The quantitative estimate of drug-likeness (QED) is 0.371. The number of amides is 1. The Hall–Kier alpha value is -4.31. The number of ether oxygens (including phenoxy) is 3. The van der Waals surface area contributed by atoms with Crippen molar-refractivity contribution in [3.8, 4) is 17.2 Å². The van der Waals surface area contributed by atoms with Gasteiger partial charge in [0.2, 0.25) is 5.91 Å². The van der Waals surface area contributed by atoms with Gasteiger partial charge in [-0.05, 0) is 55.6 Å². The minimum atomic E-state index is -0.816. The van der Waals surface area contributed by atoms with E-state index in [2.05, 4.69) is 4.98 Å². The smallest absolute Gasteiger partial charge is 0.300 e. The van der Waals surface area contributed by atoms with Crippen LogP contribution < -0.4 is 24.8 Å². The number of nitrogens with zero attached hydrogens (tertiary/aromatic N) is 3.